The van der Waals surface area contributed by atoms with E-state index < -0.39 is 0 Å². The Labute approximate surface area is 158 Å². The van der Waals surface area contributed by atoms with Crippen molar-refractivity contribution >= 4 is 23.2 Å². The number of hydrogen-bond donors (Lipinski definition) is 1. The van der Waals surface area contributed by atoms with Gasteiger partial charge in [0.25, 0.3) is 5.91 Å². The molecule has 1 amide bonds. The minimum absolute atomic E-state index is 0.127. The average molecular weight is 384 g/mol. The summed E-state index contributed by atoms with van der Waals surface area (Å²) < 4.78 is 11.7. The second-order valence-corrected chi connectivity index (χ2v) is 6.06. The molecule has 0 aliphatic heterocycles. The molecule has 4 rings (SSSR count). The minimum atomic E-state index is -0.382. The molecule has 9 heteroatoms. The van der Waals surface area contributed by atoms with Crippen molar-refractivity contribution in [3.8, 4) is 17.1 Å². The second-order valence-electron chi connectivity index (χ2n) is 5.62. The Morgan fingerprint density at radius 2 is 2.04 bits per heavy atom. The van der Waals surface area contributed by atoms with Gasteiger partial charge in [-0.1, -0.05) is 28.9 Å². The van der Waals surface area contributed by atoms with Gasteiger partial charge in [-0.15, -0.1) is 5.10 Å². The zero-order valence-corrected chi connectivity index (χ0v) is 15.0. The van der Waals surface area contributed by atoms with Crippen molar-refractivity contribution in [2.24, 2.45) is 0 Å². The molecule has 0 unspecified atom stereocenters. The summed E-state index contributed by atoms with van der Waals surface area (Å²) in [7, 11) is 1.54. The van der Waals surface area contributed by atoms with Crippen molar-refractivity contribution in [3.05, 3.63) is 65.1 Å². The number of carbonyl (C=O) groups excluding carboxylic acids is 1. The number of amides is 1. The lowest BCUT2D eigenvalue weighted by atomic mass is 10.1. The number of rotatable bonds is 5. The highest BCUT2D eigenvalue weighted by molar-refractivity contribution is 6.30. The van der Waals surface area contributed by atoms with Crippen LogP contribution < -0.4 is 10.1 Å². The lowest BCUT2D eigenvalue weighted by Crippen LogP contribution is -2.23. The van der Waals surface area contributed by atoms with E-state index in [2.05, 4.69) is 20.6 Å². The van der Waals surface area contributed by atoms with E-state index in [1.165, 1.54) is 19.4 Å². The summed E-state index contributed by atoms with van der Waals surface area (Å²) in [4.78, 5) is 16.9. The van der Waals surface area contributed by atoms with Gasteiger partial charge in [-0.25, -0.2) is 9.50 Å². The van der Waals surface area contributed by atoms with E-state index >= 15 is 0 Å². The third-order valence-electron chi connectivity index (χ3n) is 3.95. The monoisotopic (exact) mass is 383 g/mol. The normalized spacial score (nSPS) is 10.9. The predicted molar refractivity (Wildman–Crippen MR) is 97.7 cm³/mol. The van der Waals surface area contributed by atoms with Crippen LogP contribution in [0.25, 0.3) is 16.9 Å². The summed E-state index contributed by atoms with van der Waals surface area (Å²) in [6, 6.07) is 12.3. The number of imidazole rings is 1. The first-order chi connectivity index (χ1) is 13.2. The van der Waals surface area contributed by atoms with Crippen LogP contribution in [0.1, 0.15) is 16.2 Å². The van der Waals surface area contributed by atoms with E-state index in [0.29, 0.717) is 27.9 Å². The number of carbonyl (C=O) groups is 1. The summed E-state index contributed by atoms with van der Waals surface area (Å²) in [6.45, 7) is 0.179. The van der Waals surface area contributed by atoms with Crippen LogP contribution in [0.5, 0.6) is 5.88 Å². The summed E-state index contributed by atoms with van der Waals surface area (Å²) in [5, 5.41) is 11.4. The van der Waals surface area contributed by atoms with Crippen molar-refractivity contribution in [2.45, 2.75) is 6.54 Å². The summed E-state index contributed by atoms with van der Waals surface area (Å²) in [5.74, 6) is 0.181. The number of benzene rings is 1. The highest BCUT2D eigenvalue weighted by Crippen LogP contribution is 2.26. The van der Waals surface area contributed by atoms with Gasteiger partial charge in [0.05, 0.1) is 31.2 Å². The first-order valence-electron chi connectivity index (χ1n) is 8.03. The zero-order valence-electron chi connectivity index (χ0n) is 14.2. The highest BCUT2D eigenvalue weighted by Gasteiger charge is 2.18. The first kappa shape index (κ1) is 17.0. The number of methoxy groups -OCH3 is 1. The molecule has 4 aromatic rings. The molecule has 1 aromatic carbocycles. The molecule has 0 aliphatic carbocycles. The van der Waals surface area contributed by atoms with Crippen LogP contribution in [0.15, 0.2) is 53.2 Å². The van der Waals surface area contributed by atoms with Crippen molar-refractivity contribution in [3.63, 3.8) is 0 Å². The third-order valence-corrected chi connectivity index (χ3v) is 4.20. The molecular weight excluding hydrogens is 370 g/mol. The molecule has 0 fully saturated rings. The van der Waals surface area contributed by atoms with E-state index in [1.807, 2.05) is 12.1 Å². The van der Waals surface area contributed by atoms with Crippen LogP contribution in [0.3, 0.4) is 0 Å². The second kappa shape index (κ2) is 7.08. The molecule has 0 atom stereocenters. The number of hydrogen-bond acceptors (Lipinski definition) is 6. The van der Waals surface area contributed by atoms with Gasteiger partial charge in [0.1, 0.15) is 0 Å². The summed E-state index contributed by atoms with van der Waals surface area (Å²) in [5.41, 5.74) is 2.86. The summed E-state index contributed by atoms with van der Waals surface area (Å²) >= 11 is 5.99. The van der Waals surface area contributed by atoms with E-state index in [4.69, 9.17) is 20.9 Å². The topological polar surface area (TPSA) is 94.5 Å². The van der Waals surface area contributed by atoms with Gasteiger partial charge in [-0.05, 0) is 18.2 Å². The van der Waals surface area contributed by atoms with Crippen LogP contribution in [0, 0.1) is 0 Å². The van der Waals surface area contributed by atoms with Gasteiger partial charge >= 0.3 is 0 Å². The zero-order chi connectivity index (χ0) is 18.8. The smallest absolute Gasteiger partial charge is 0.290 e. The van der Waals surface area contributed by atoms with Gasteiger partial charge in [-0.3, -0.25) is 4.79 Å². The molecule has 27 heavy (non-hydrogen) atoms. The molecule has 0 aliphatic rings. The maximum absolute atomic E-state index is 12.2. The van der Waals surface area contributed by atoms with Crippen LogP contribution in [0.4, 0.5) is 0 Å². The number of ether oxygens (including phenoxy) is 1. The standard InChI is InChI=1S/C18H14ClN5O3/c1-26-16-7-6-15-22-17(11-2-4-12(19)5-3-11)13(24(15)23-16)10-20-18(25)14-8-9-21-27-14/h2-9H,10H2,1H3,(H,20,25). The Hall–Kier alpha value is -3.39. The highest BCUT2D eigenvalue weighted by atomic mass is 35.5. The van der Waals surface area contributed by atoms with Crippen LogP contribution in [-0.4, -0.2) is 32.8 Å². The predicted octanol–water partition coefficient (Wildman–Crippen LogP) is 2.98. The molecule has 0 radical (unpaired) electrons. The average Bonchev–Trinajstić information content (AvgIpc) is 3.34. The largest absolute Gasteiger partial charge is 0.480 e. The Kier molecular flexibility index (Phi) is 4.47. The van der Waals surface area contributed by atoms with Crippen molar-refractivity contribution < 1.29 is 14.1 Å². The lowest BCUT2D eigenvalue weighted by molar-refractivity contribution is 0.0913. The quantitative estimate of drug-likeness (QED) is 0.569. The maximum Gasteiger partial charge on any atom is 0.290 e. The summed E-state index contributed by atoms with van der Waals surface area (Å²) in [6.07, 6.45) is 1.41. The molecule has 0 bridgehead atoms. The van der Waals surface area contributed by atoms with E-state index in [1.54, 1.807) is 28.8 Å². The molecule has 0 saturated heterocycles. The molecular formula is C18H14ClN5O3. The molecule has 1 N–H and O–H groups in total. The van der Waals surface area contributed by atoms with Crippen LogP contribution >= 0.6 is 11.6 Å². The lowest BCUT2D eigenvalue weighted by Gasteiger charge is -2.07. The molecule has 136 valence electrons. The molecule has 8 nitrogen and oxygen atoms in total. The van der Waals surface area contributed by atoms with Crippen LogP contribution in [-0.2, 0) is 6.54 Å². The molecule has 3 heterocycles. The Balaban J connectivity index is 1.76. The number of aromatic nitrogens is 4. The minimum Gasteiger partial charge on any atom is -0.480 e. The molecule has 0 spiro atoms. The SMILES string of the molecule is COc1ccc2nc(-c3ccc(Cl)cc3)c(CNC(=O)c3ccno3)n2n1. The van der Waals surface area contributed by atoms with E-state index in [9.17, 15) is 4.79 Å². The number of nitrogens with one attached hydrogen (secondary N) is 1. The van der Waals surface area contributed by atoms with Gasteiger partial charge in [0.2, 0.25) is 11.6 Å². The van der Waals surface area contributed by atoms with E-state index in [0.717, 1.165) is 5.56 Å². The van der Waals surface area contributed by atoms with Crippen molar-refractivity contribution in [2.75, 3.05) is 7.11 Å². The number of nitrogens with zero attached hydrogens (tertiary/aromatic N) is 4. The number of fused-ring (bicyclic) bond motifs is 1. The van der Waals surface area contributed by atoms with Crippen molar-refractivity contribution in [1.82, 2.24) is 25.1 Å². The van der Waals surface area contributed by atoms with Crippen molar-refractivity contribution in [1.29, 1.82) is 0 Å². The fourth-order valence-corrected chi connectivity index (χ4v) is 2.78. The van der Waals surface area contributed by atoms with Crippen LogP contribution in [0.2, 0.25) is 5.02 Å². The van der Waals surface area contributed by atoms with Gasteiger partial charge in [-0.2, -0.15) is 0 Å². The number of halogens is 1. The fourth-order valence-electron chi connectivity index (χ4n) is 2.65. The van der Waals surface area contributed by atoms with Gasteiger partial charge in [0, 0.05) is 22.7 Å². The fraction of sp³-hybridized carbons (Fsp3) is 0.111. The van der Waals surface area contributed by atoms with Gasteiger partial charge < -0.3 is 14.6 Å². The first-order valence-corrected chi connectivity index (χ1v) is 8.41. The van der Waals surface area contributed by atoms with Gasteiger partial charge in [0.15, 0.2) is 5.65 Å². The Morgan fingerprint density at radius 1 is 1.22 bits per heavy atom. The molecule has 0 saturated carbocycles. The molecule has 3 aromatic heterocycles. The third kappa shape index (κ3) is 3.34. The van der Waals surface area contributed by atoms with E-state index in [-0.39, 0.29) is 18.2 Å². The Morgan fingerprint density at radius 3 is 2.74 bits per heavy atom. The Bertz CT molecular complexity index is 1090. The maximum atomic E-state index is 12.2.